The van der Waals surface area contributed by atoms with E-state index in [2.05, 4.69) is 4.98 Å². The van der Waals surface area contributed by atoms with Crippen LogP contribution in [0.1, 0.15) is 12.6 Å². The lowest BCUT2D eigenvalue weighted by Gasteiger charge is -2.19. The number of aromatic nitrogens is 2. The Balaban J connectivity index is 1.95. The highest BCUT2D eigenvalue weighted by atomic mass is 32.2. The van der Waals surface area contributed by atoms with Crippen molar-refractivity contribution in [1.29, 1.82) is 0 Å². The first kappa shape index (κ1) is 14.2. The largest absolute Gasteiger partial charge is 0.303 e. The van der Waals surface area contributed by atoms with Gasteiger partial charge in [0, 0.05) is 12.7 Å². The van der Waals surface area contributed by atoms with Crippen LogP contribution in [0, 0.1) is 0 Å². The van der Waals surface area contributed by atoms with Gasteiger partial charge in [0.05, 0.1) is 18.4 Å². The number of fused-ring (bicyclic) bond motifs is 1. The van der Waals surface area contributed by atoms with Crippen molar-refractivity contribution in [2.24, 2.45) is 0 Å². The zero-order valence-corrected chi connectivity index (χ0v) is 13.1. The number of pyridine rings is 1. The Morgan fingerprint density at radius 1 is 1.29 bits per heavy atom. The first-order chi connectivity index (χ1) is 10.1. The number of sulfonamides is 1. The molecule has 0 aromatic carbocycles. The van der Waals surface area contributed by atoms with Gasteiger partial charge in [0.1, 0.15) is 9.86 Å². The molecule has 5 nitrogen and oxygen atoms in total. The van der Waals surface area contributed by atoms with Gasteiger partial charge in [-0.05, 0) is 23.6 Å². The van der Waals surface area contributed by atoms with Crippen LogP contribution in [-0.4, -0.2) is 28.7 Å². The lowest BCUT2D eigenvalue weighted by molar-refractivity contribution is 0.419. The third kappa shape index (κ3) is 2.59. The quantitative estimate of drug-likeness (QED) is 0.726. The zero-order chi connectivity index (χ0) is 14.9. The van der Waals surface area contributed by atoms with E-state index < -0.39 is 10.0 Å². The third-order valence-corrected chi connectivity index (χ3v) is 6.57. The number of rotatable bonds is 5. The summed E-state index contributed by atoms with van der Waals surface area (Å²) in [4.78, 5) is 4.29. The van der Waals surface area contributed by atoms with E-state index in [9.17, 15) is 8.42 Å². The van der Waals surface area contributed by atoms with Gasteiger partial charge in [0.25, 0.3) is 10.0 Å². The summed E-state index contributed by atoms with van der Waals surface area (Å²) < 4.78 is 28.9. The fraction of sp³-hybridized carbons (Fsp3) is 0.214. The van der Waals surface area contributed by atoms with Gasteiger partial charge in [-0.1, -0.05) is 19.1 Å². The maximum absolute atomic E-state index is 12.6. The molecule has 0 aliphatic heterocycles. The molecule has 3 rings (SSSR count). The molecule has 0 fully saturated rings. The number of hydrogen-bond acceptors (Lipinski definition) is 4. The van der Waals surface area contributed by atoms with Crippen LogP contribution in [0.15, 0.2) is 52.3 Å². The maximum atomic E-state index is 12.6. The first-order valence-corrected chi connectivity index (χ1v) is 8.89. The monoisotopic (exact) mass is 321 g/mol. The second-order valence-corrected chi connectivity index (χ2v) is 7.65. The van der Waals surface area contributed by atoms with Gasteiger partial charge in [-0.25, -0.2) is 13.4 Å². The zero-order valence-electron chi connectivity index (χ0n) is 11.5. The van der Waals surface area contributed by atoms with Crippen LogP contribution >= 0.6 is 11.3 Å². The summed E-state index contributed by atoms with van der Waals surface area (Å²) in [6, 6.07) is 9.10. The molecular formula is C14H15N3O2S2. The first-order valence-electron chi connectivity index (χ1n) is 6.57. The van der Waals surface area contributed by atoms with Crippen LogP contribution in [0.4, 0.5) is 0 Å². The predicted octanol–water partition coefficient (Wildman–Crippen LogP) is 2.61. The van der Waals surface area contributed by atoms with Crippen molar-refractivity contribution < 1.29 is 8.42 Å². The van der Waals surface area contributed by atoms with Crippen molar-refractivity contribution in [1.82, 2.24) is 13.7 Å². The Morgan fingerprint density at radius 2 is 2.14 bits per heavy atom. The van der Waals surface area contributed by atoms with Crippen molar-refractivity contribution in [3.8, 4) is 0 Å². The number of nitrogens with zero attached hydrogens (tertiary/aromatic N) is 3. The maximum Gasteiger partial charge on any atom is 0.252 e. The number of thiophene rings is 1. The second kappa shape index (κ2) is 5.59. The molecule has 0 N–H and O–H groups in total. The van der Waals surface area contributed by atoms with Gasteiger partial charge in [0.15, 0.2) is 0 Å². The normalized spacial score (nSPS) is 12.3. The molecule has 0 amide bonds. The van der Waals surface area contributed by atoms with E-state index in [1.807, 2.05) is 35.7 Å². The Kier molecular flexibility index (Phi) is 3.79. The molecule has 3 aromatic rings. The van der Waals surface area contributed by atoms with E-state index in [1.165, 1.54) is 15.6 Å². The van der Waals surface area contributed by atoms with Crippen LogP contribution in [0.5, 0.6) is 0 Å². The minimum absolute atomic E-state index is 0.307. The summed E-state index contributed by atoms with van der Waals surface area (Å²) in [7, 11) is -3.44. The Labute approximate surface area is 127 Å². The van der Waals surface area contributed by atoms with Crippen LogP contribution in [0.25, 0.3) is 5.65 Å². The van der Waals surface area contributed by atoms with Gasteiger partial charge in [-0.3, -0.25) is 0 Å². The fourth-order valence-electron chi connectivity index (χ4n) is 2.19. The third-order valence-electron chi connectivity index (χ3n) is 3.27. The SMILES string of the molecule is CCN(Cc1cnc2ccccn12)S(=O)(=O)c1cccs1. The molecule has 3 heterocycles. The summed E-state index contributed by atoms with van der Waals surface area (Å²) >= 11 is 1.24. The number of imidazole rings is 1. The molecule has 110 valence electrons. The Bertz CT molecular complexity index is 838. The molecule has 0 radical (unpaired) electrons. The highest BCUT2D eigenvalue weighted by Gasteiger charge is 2.25. The van der Waals surface area contributed by atoms with Gasteiger partial charge in [0.2, 0.25) is 0 Å². The van der Waals surface area contributed by atoms with E-state index in [0.717, 1.165) is 11.3 Å². The van der Waals surface area contributed by atoms with E-state index in [-0.39, 0.29) is 0 Å². The Morgan fingerprint density at radius 3 is 2.86 bits per heavy atom. The van der Waals surface area contributed by atoms with E-state index in [4.69, 9.17) is 0 Å². The van der Waals surface area contributed by atoms with Crippen LogP contribution in [0.2, 0.25) is 0 Å². The molecule has 0 unspecified atom stereocenters. The molecule has 0 bridgehead atoms. The highest BCUT2D eigenvalue weighted by molar-refractivity contribution is 7.91. The molecule has 0 saturated carbocycles. The van der Waals surface area contributed by atoms with Gasteiger partial charge >= 0.3 is 0 Å². The molecule has 7 heteroatoms. The van der Waals surface area contributed by atoms with E-state index >= 15 is 0 Å². The van der Waals surface area contributed by atoms with Crippen molar-refractivity contribution in [2.45, 2.75) is 17.7 Å². The van der Waals surface area contributed by atoms with Crippen LogP contribution < -0.4 is 0 Å². The van der Waals surface area contributed by atoms with Crippen molar-refractivity contribution in [3.05, 3.63) is 53.8 Å². The van der Waals surface area contributed by atoms with Gasteiger partial charge < -0.3 is 4.40 Å². The Hall–Kier alpha value is -1.70. The molecule has 0 aliphatic carbocycles. The average Bonchev–Trinajstić information content (AvgIpc) is 3.15. The molecule has 21 heavy (non-hydrogen) atoms. The molecular weight excluding hydrogens is 306 g/mol. The number of hydrogen-bond donors (Lipinski definition) is 0. The summed E-state index contributed by atoms with van der Waals surface area (Å²) in [5, 5.41) is 1.77. The highest BCUT2D eigenvalue weighted by Crippen LogP contribution is 2.22. The van der Waals surface area contributed by atoms with Crippen molar-refractivity contribution >= 4 is 27.0 Å². The predicted molar refractivity (Wildman–Crippen MR) is 82.8 cm³/mol. The summed E-state index contributed by atoms with van der Waals surface area (Å²) in [5.41, 5.74) is 1.67. The minimum Gasteiger partial charge on any atom is -0.303 e. The molecule has 0 atom stereocenters. The summed E-state index contributed by atoms with van der Waals surface area (Å²) in [5.74, 6) is 0. The standard InChI is InChI=1S/C14H15N3O2S2/c1-2-16(21(18,19)14-7-5-9-20-14)11-12-10-15-13-6-3-4-8-17(12)13/h3-10H,2,11H2,1H3. The minimum atomic E-state index is -3.44. The van der Waals surface area contributed by atoms with Gasteiger partial charge in [-0.15, -0.1) is 11.3 Å². The van der Waals surface area contributed by atoms with Crippen LogP contribution in [-0.2, 0) is 16.6 Å². The van der Waals surface area contributed by atoms with Crippen LogP contribution in [0.3, 0.4) is 0 Å². The second-order valence-electron chi connectivity index (χ2n) is 4.54. The molecule has 0 aliphatic rings. The lowest BCUT2D eigenvalue weighted by Crippen LogP contribution is -2.30. The van der Waals surface area contributed by atoms with Crippen molar-refractivity contribution in [3.63, 3.8) is 0 Å². The molecule has 0 saturated heterocycles. The lowest BCUT2D eigenvalue weighted by atomic mass is 10.4. The molecule has 0 spiro atoms. The van der Waals surface area contributed by atoms with Crippen molar-refractivity contribution in [2.75, 3.05) is 6.54 Å². The molecule has 3 aromatic heterocycles. The van der Waals surface area contributed by atoms with Gasteiger partial charge in [-0.2, -0.15) is 4.31 Å². The van der Waals surface area contributed by atoms with E-state index in [0.29, 0.717) is 17.3 Å². The fourth-order valence-corrected chi connectivity index (χ4v) is 4.75. The smallest absolute Gasteiger partial charge is 0.252 e. The summed E-state index contributed by atoms with van der Waals surface area (Å²) in [6.45, 7) is 2.57. The summed E-state index contributed by atoms with van der Waals surface area (Å²) in [6.07, 6.45) is 3.62. The van der Waals surface area contributed by atoms with E-state index in [1.54, 1.807) is 23.7 Å². The average molecular weight is 321 g/mol. The topological polar surface area (TPSA) is 54.7 Å².